The standard InChI is InChI=1S/C11H18N4O4/c1-7-9(15(18)19)10(13(5)12-7)14(6-8(16)17)11(2,3)4/h6H2,1-5H3,(H,16,17). The van der Waals surface area contributed by atoms with Crippen molar-refractivity contribution in [1.29, 1.82) is 0 Å². The van der Waals surface area contributed by atoms with Gasteiger partial charge < -0.3 is 10.0 Å². The van der Waals surface area contributed by atoms with Crippen LogP contribution in [0, 0.1) is 17.0 Å². The van der Waals surface area contributed by atoms with Crippen molar-refractivity contribution in [3.05, 3.63) is 15.8 Å². The minimum absolute atomic E-state index is 0.154. The highest BCUT2D eigenvalue weighted by atomic mass is 16.6. The van der Waals surface area contributed by atoms with Gasteiger partial charge in [-0.2, -0.15) is 5.10 Å². The van der Waals surface area contributed by atoms with Crippen molar-refractivity contribution in [2.45, 2.75) is 33.2 Å². The summed E-state index contributed by atoms with van der Waals surface area (Å²) in [5.41, 5.74) is -0.468. The van der Waals surface area contributed by atoms with Gasteiger partial charge in [0.05, 0.1) is 4.92 Å². The molecule has 0 aliphatic rings. The zero-order chi connectivity index (χ0) is 15.0. The van der Waals surface area contributed by atoms with E-state index in [0.717, 1.165) is 0 Å². The zero-order valence-electron chi connectivity index (χ0n) is 11.7. The van der Waals surface area contributed by atoms with E-state index in [1.807, 2.05) is 0 Å². The molecule has 1 aromatic rings. The molecule has 1 aromatic heterocycles. The molecule has 106 valence electrons. The maximum atomic E-state index is 11.2. The van der Waals surface area contributed by atoms with Gasteiger partial charge in [-0.1, -0.05) is 0 Å². The summed E-state index contributed by atoms with van der Waals surface area (Å²) in [7, 11) is 1.57. The summed E-state index contributed by atoms with van der Waals surface area (Å²) < 4.78 is 1.35. The number of nitrogens with zero attached hydrogens (tertiary/aromatic N) is 4. The Morgan fingerprint density at radius 3 is 2.42 bits per heavy atom. The van der Waals surface area contributed by atoms with Crippen LogP contribution < -0.4 is 4.90 Å². The Hall–Kier alpha value is -2.12. The predicted molar refractivity (Wildman–Crippen MR) is 69.3 cm³/mol. The first-order valence-electron chi connectivity index (χ1n) is 5.73. The first-order chi connectivity index (χ1) is 8.55. The molecule has 1 N–H and O–H groups in total. The van der Waals surface area contributed by atoms with E-state index in [0.29, 0.717) is 0 Å². The molecule has 0 aliphatic heterocycles. The Labute approximate surface area is 110 Å². The average molecular weight is 270 g/mol. The predicted octanol–water partition coefficient (Wildman–Crippen LogP) is 1.33. The van der Waals surface area contributed by atoms with E-state index in [9.17, 15) is 14.9 Å². The van der Waals surface area contributed by atoms with E-state index < -0.39 is 16.4 Å². The molecule has 1 rings (SSSR count). The number of nitro groups is 1. The molecule has 0 saturated heterocycles. The second-order valence-electron chi connectivity index (χ2n) is 5.29. The largest absolute Gasteiger partial charge is 0.480 e. The van der Waals surface area contributed by atoms with Crippen LogP contribution >= 0.6 is 0 Å². The SMILES string of the molecule is Cc1nn(C)c(N(CC(=O)O)C(C)(C)C)c1[N+](=O)[O-]. The van der Waals surface area contributed by atoms with Crippen LogP contribution in [0.4, 0.5) is 11.5 Å². The average Bonchev–Trinajstić information content (AvgIpc) is 2.47. The monoisotopic (exact) mass is 270 g/mol. The highest BCUT2D eigenvalue weighted by molar-refractivity contribution is 5.76. The lowest BCUT2D eigenvalue weighted by molar-refractivity contribution is -0.384. The Morgan fingerprint density at radius 1 is 1.53 bits per heavy atom. The van der Waals surface area contributed by atoms with Gasteiger partial charge >= 0.3 is 11.7 Å². The van der Waals surface area contributed by atoms with Crippen molar-refractivity contribution in [1.82, 2.24) is 9.78 Å². The second-order valence-corrected chi connectivity index (χ2v) is 5.29. The van der Waals surface area contributed by atoms with Gasteiger partial charge in [-0.05, 0) is 27.7 Å². The third kappa shape index (κ3) is 3.01. The van der Waals surface area contributed by atoms with Crippen LogP contribution in [0.25, 0.3) is 0 Å². The normalized spacial score (nSPS) is 11.4. The van der Waals surface area contributed by atoms with E-state index in [1.165, 1.54) is 16.5 Å². The Kier molecular flexibility index (Phi) is 3.83. The molecular weight excluding hydrogens is 252 g/mol. The number of hydrogen-bond donors (Lipinski definition) is 1. The molecule has 8 nitrogen and oxygen atoms in total. The molecule has 0 bridgehead atoms. The van der Waals surface area contributed by atoms with Gasteiger partial charge in [0.2, 0.25) is 5.82 Å². The van der Waals surface area contributed by atoms with Crippen LogP contribution in [0.3, 0.4) is 0 Å². The zero-order valence-corrected chi connectivity index (χ0v) is 11.7. The summed E-state index contributed by atoms with van der Waals surface area (Å²) in [5.74, 6) is -0.847. The van der Waals surface area contributed by atoms with E-state index >= 15 is 0 Å². The third-order valence-electron chi connectivity index (χ3n) is 2.70. The van der Waals surface area contributed by atoms with Gasteiger partial charge in [0.15, 0.2) is 0 Å². The highest BCUT2D eigenvalue weighted by Crippen LogP contribution is 2.34. The van der Waals surface area contributed by atoms with Crippen LogP contribution in [0.2, 0.25) is 0 Å². The summed E-state index contributed by atoms with van der Waals surface area (Å²) >= 11 is 0. The first kappa shape index (κ1) is 14.9. The summed E-state index contributed by atoms with van der Waals surface area (Å²) in [6.07, 6.45) is 0. The van der Waals surface area contributed by atoms with Crippen LogP contribution in [-0.2, 0) is 11.8 Å². The smallest absolute Gasteiger partial charge is 0.333 e. The quantitative estimate of drug-likeness (QED) is 0.654. The van der Waals surface area contributed by atoms with Crippen molar-refractivity contribution in [2.75, 3.05) is 11.4 Å². The minimum Gasteiger partial charge on any atom is -0.480 e. The first-order valence-corrected chi connectivity index (χ1v) is 5.73. The van der Waals surface area contributed by atoms with E-state index in [-0.39, 0.29) is 23.7 Å². The third-order valence-corrected chi connectivity index (χ3v) is 2.70. The van der Waals surface area contributed by atoms with Crippen molar-refractivity contribution in [3.63, 3.8) is 0 Å². The number of aromatic nitrogens is 2. The Balaban J connectivity index is 3.46. The van der Waals surface area contributed by atoms with E-state index in [2.05, 4.69) is 5.10 Å². The fourth-order valence-corrected chi connectivity index (χ4v) is 1.92. The van der Waals surface area contributed by atoms with Crippen molar-refractivity contribution < 1.29 is 14.8 Å². The number of hydrogen-bond acceptors (Lipinski definition) is 5. The van der Waals surface area contributed by atoms with Crippen LogP contribution in [0.1, 0.15) is 26.5 Å². The maximum Gasteiger partial charge on any atom is 0.333 e. The lowest BCUT2D eigenvalue weighted by Gasteiger charge is -2.35. The fourth-order valence-electron chi connectivity index (χ4n) is 1.92. The minimum atomic E-state index is -1.05. The van der Waals surface area contributed by atoms with Crippen LogP contribution in [0.5, 0.6) is 0 Å². The van der Waals surface area contributed by atoms with Gasteiger partial charge in [-0.15, -0.1) is 0 Å². The van der Waals surface area contributed by atoms with Crippen LogP contribution in [0.15, 0.2) is 0 Å². The maximum absolute atomic E-state index is 11.2. The molecule has 0 saturated carbocycles. The van der Waals surface area contributed by atoms with E-state index in [1.54, 1.807) is 27.8 Å². The molecule has 0 radical (unpaired) electrons. The van der Waals surface area contributed by atoms with Gasteiger partial charge in [0.25, 0.3) is 0 Å². The number of carboxylic acid groups (broad SMARTS) is 1. The summed E-state index contributed by atoms with van der Waals surface area (Å²) in [6.45, 7) is 6.58. The van der Waals surface area contributed by atoms with Crippen LogP contribution in [-0.4, -0.2) is 37.9 Å². The molecule has 0 unspecified atom stereocenters. The molecule has 0 amide bonds. The molecule has 0 spiro atoms. The molecule has 0 aliphatic carbocycles. The molecule has 0 aromatic carbocycles. The molecule has 19 heavy (non-hydrogen) atoms. The molecule has 8 heteroatoms. The van der Waals surface area contributed by atoms with Gasteiger partial charge in [-0.3, -0.25) is 14.9 Å². The number of carbonyl (C=O) groups is 1. The summed E-state index contributed by atoms with van der Waals surface area (Å²) in [4.78, 5) is 23.1. The van der Waals surface area contributed by atoms with Gasteiger partial charge in [0, 0.05) is 12.6 Å². The Morgan fingerprint density at radius 2 is 2.05 bits per heavy atom. The Bertz CT molecular complexity index is 516. The number of anilines is 1. The second kappa shape index (κ2) is 4.87. The summed E-state index contributed by atoms with van der Waals surface area (Å²) in [5, 5.41) is 24.2. The lowest BCUT2D eigenvalue weighted by atomic mass is 10.1. The van der Waals surface area contributed by atoms with Crippen molar-refractivity contribution >= 4 is 17.5 Å². The van der Waals surface area contributed by atoms with Gasteiger partial charge in [0.1, 0.15) is 12.2 Å². The topological polar surface area (TPSA) is 102 Å². The van der Waals surface area contributed by atoms with Crippen molar-refractivity contribution in [2.24, 2.45) is 7.05 Å². The summed E-state index contributed by atoms with van der Waals surface area (Å²) in [6, 6.07) is 0. The number of rotatable bonds is 4. The molecule has 0 fully saturated rings. The number of aliphatic carboxylic acids is 1. The number of carboxylic acids is 1. The van der Waals surface area contributed by atoms with E-state index in [4.69, 9.17) is 5.11 Å². The van der Waals surface area contributed by atoms with Crippen molar-refractivity contribution in [3.8, 4) is 0 Å². The molecule has 1 heterocycles. The fraction of sp³-hybridized carbons (Fsp3) is 0.636. The molecular formula is C11H18N4O4. The lowest BCUT2D eigenvalue weighted by Crippen LogP contribution is -2.45. The van der Waals surface area contributed by atoms with Gasteiger partial charge in [-0.25, -0.2) is 4.68 Å². The number of aryl methyl sites for hydroxylation is 2. The highest BCUT2D eigenvalue weighted by Gasteiger charge is 2.35. The molecule has 0 atom stereocenters.